The molecule has 1 aromatic carbocycles. The lowest BCUT2D eigenvalue weighted by Crippen LogP contribution is -2.23. The second-order valence-electron chi connectivity index (χ2n) is 4.93. The molecule has 0 aliphatic carbocycles. The molecule has 2 aromatic heterocycles. The minimum Gasteiger partial charge on any atom is -0.408 e. The molecule has 0 unspecified atom stereocenters. The summed E-state index contributed by atoms with van der Waals surface area (Å²) in [5.41, 5.74) is 1.57. The molecule has 7 nitrogen and oxygen atoms in total. The first-order chi connectivity index (χ1) is 11.0. The molecule has 1 N–H and O–H groups in total. The molecule has 0 bridgehead atoms. The second kappa shape index (κ2) is 5.98. The Morgan fingerprint density at radius 1 is 1.30 bits per heavy atom. The first kappa shape index (κ1) is 15.4. The molecule has 0 atom stereocenters. The largest absolute Gasteiger partial charge is 0.419 e. The van der Waals surface area contributed by atoms with Gasteiger partial charge in [0, 0.05) is 31.5 Å². The van der Waals surface area contributed by atoms with Gasteiger partial charge in [0.2, 0.25) is 10.0 Å². The number of aryl methyl sites for hydroxylation is 1. The Labute approximate surface area is 132 Å². The number of rotatable bonds is 5. The maximum Gasteiger partial charge on any atom is 0.419 e. The molecule has 0 saturated carbocycles. The Morgan fingerprint density at radius 2 is 2.13 bits per heavy atom. The standard InChI is InChI=1S/C15H15N3O4S/c1-2-18-13-6-5-12(8-14(13)22-15(18)19)23(20,21)17-10-11-4-3-7-16-9-11/h3-9,17H,2,10H2,1H3. The fourth-order valence-electron chi connectivity index (χ4n) is 2.28. The summed E-state index contributed by atoms with van der Waals surface area (Å²) in [6.45, 7) is 2.40. The average molecular weight is 333 g/mol. The Morgan fingerprint density at radius 3 is 2.83 bits per heavy atom. The van der Waals surface area contributed by atoms with Crippen molar-refractivity contribution in [2.24, 2.45) is 0 Å². The Kier molecular flexibility index (Phi) is 4.01. The SMILES string of the molecule is CCn1c(=O)oc2cc(S(=O)(=O)NCc3cccnc3)ccc21. The lowest BCUT2D eigenvalue weighted by molar-refractivity contribution is 0.512. The number of fused-ring (bicyclic) bond motifs is 1. The van der Waals surface area contributed by atoms with Gasteiger partial charge in [0.05, 0.1) is 10.4 Å². The van der Waals surface area contributed by atoms with E-state index in [0.717, 1.165) is 5.56 Å². The van der Waals surface area contributed by atoms with Crippen LogP contribution >= 0.6 is 0 Å². The summed E-state index contributed by atoms with van der Waals surface area (Å²) < 4.78 is 33.7. The molecule has 120 valence electrons. The molecular formula is C15H15N3O4S. The van der Waals surface area contributed by atoms with E-state index in [0.29, 0.717) is 12.1 Å². The molecule has 0 aliphatic heterocycles. The molecule has 2 heterocycles. The van der Waals surface area contributed by atoms with Gasteiger partial charge in [-0.15, -0.1) is 0 Å². The van der Waals surface area contributed by atoms with Crippen molar-refractivity contribution < 1.29 is 12.8 Å². The van der Waals surface area contributed by atoms with Gasteiger partial charge in [-0.05, 0) is 30.7 Å². The van der Waals surface area contributed by atoms with Crippen LogP contribution in [-0.2, 0) is 23.1 Å². The van der Waals surface area contributed by atoms with Gasteiger partial charge in [0.1, 0.15) is 0 Å². The van der Waals surface area contributed by atoms with Crippen molar-refractivity contribution in [1.82, 2.24) is 14.3 Å². The monoisotopic (exact) mass is 333 g/mol. The van der Waals surface area contributed by atoms with E-state index in [1.807, 2.05) is 6.92 Å². The highest BCUT2D eigenvalue weighted by Gasteiger charge is 2.17. The zero-order valence-corrected chi connectivity index (χ0v) is 13.2. The highest BCUT2D eigenvalue weighted by molar-refractivity contribution is 7.89. The summed E-state index contributed by atoms with van der Waals surface area (Å²) in [4.78, 5) is 15.6. The van der Waals surface area contributed by atoms with Crippen LogP contribution in [0.4, 0.5) is 0 Å². The van der Waals surface area contributed by atoms with Crippen molar-refractivity contribution in [2.45, 2.75) is 24.9 Å². The molecule has 0 fully saturated rings. The van der Waals surface area contributed by atoms with Crippen molar-refractivity contribution in [3.05, 3.63) is 58.8 Å². The quantitative estimate of drug-likeness (QED) is 0.763. The second-order valence-corrected chi connectivity index (χ2v) is 6.69. The predicted molar refractivity (Wildman–Crippen MR) is 84.4 cm³/mol. The number of aromatic nitrogens is 2. The van der Waals surface area contributed by atoms with Crippen molar-refractivity contribution in [3.63, 3.8) is 0 Å². The minimum absolute atomic E-state index is 0.0471. The number of pyridine rings is 1. The van der Waals surface area contributed by atoms with E-state index in [9.17, 15) is 13.2 Å². The number of benzene rings is 1. The fourth-order valence-corrected chi connectivity index (χ4v) is 3.31. The highest BCUT2D eigenvalue weighted by Crippen LogP contribution is 2.18. The van der Waals surface area contributed by atoms with E-state index >= 15 is 0 Å². The van der Waals surface area contributed by atoms with Crippen LogP contribution in [0.15, 0.2) is 56.8 Å². The van der Waals surface area contributed by atoms with E-state index in [2.05, 4.69) is 9.71 Å². The maximum atomic E-state index is 12.4. The van der Waals surface area contributed by atoms with Gasteiger partial charge in [0.25, 0.3) is 0 Å². The third kappa shape index (κ3) is 3.03. The van der Waals surface area contributed by atoms with E-state index in [1.165, 1.54) is 16.7 Å². The Bertz CT molecular complexity index is 990. The number of hydrogen-bond acceptors (Lipinski definition) is 5. The van der Waals surface area contributed by atoms with E-state index in [-0.39, 0.29) is 17.0 Å². The summed E-state index contributed by atoms with van der Waals surface area (Å²) >= 11 is 0. The maximum absolute atomic E-state index is 12.4. The molecule has 3 aromatic rings. The van der Waals surface area contributed by atoms with E-state index in [4.69, 9.17) is 4.42 Å². The summed E-state index contributed by atoms with van der Waals surface area (Å²) in [5.74, 6) is -0.500. The fraction of sp³-hybridized carbons (Fsp3) is 0.200. The molecule has 3 rings (SSSR count). The zero-order chi connectivity index (χ0) is 16.4. The smallest absolute Gasteiger partial charge is 0.408 e. The molecule has 0 saturated heterocycles. The molecule has 0 amide bonds. The van der Waals surface area contributed by atoms with Gasteiger partial charge in [-0.3, -0.25) is 9.55 Å². The van der Waals surface area contributed by atoms with Gasteiger partial charge >= 0.3 is 5.76 Å². The van der Waals surface area contributed by atoms with Crippen LogP contribution < -0.4 is 10.5 Å². The Balaban J connectivity index is 1.91. The van der Waals surface area contributed by atoms with Crippen LogP contribution in [0.25, 0.3) is 11.1 Å². The summed E-state index contributed by atoms with van der Waals surface area (Å²) in [7, 11) is -3.71. The molecule has 0 aliphatic rings. The number of oxazole rings is 1. The van der Waals surface area contributed by atoms with Gasteiger partial charge in [-0.1, -0.05) is 6.07 Å². The molecule has 23 heavy (non-hydrogen) atoms. The Hall–Kier alpha value is -2.45. The number of nitrogens with one attached hydrogen (secondary N) is 1. The van der Waals surface area contributed by atoms with Crippen molar-refractivity contribution in [2.75, 3.05) is 0 Å². The average Bonchev–Trinajstić information content (AvgIpc) is 2.88. The number of nitrogens with zero attached hydrogens (tertiary/aromatic N) is 2. The van der Waals surface area contributed by atoms with Crippen LogP contribution in [0.5, 0.6) is 0 Å². The minimum atomic E-state index is -3.71. The van der Waals surface area contributed by atoms with Crippen molar-refractivity contribution in [1.29, 1.82) is 0 Å². The summed E-state index contributed by atoms with van der Waals surface area (Å²) in [5, 5.41) is 0. The van der Waals surface area contributed by atoms with Crippen LogP contribution in [-0.4, -0.2) is 18.0 Å². The lowest BCUT2D eigenvalue weighted by Gasteiger charge is -2.06. The summed E-state index contributed by atoms with van der Waals surface area (Å²) in [6.07, 6.45) is 3.21. The van der Waals surface area contributed by atoms with Crippen molar-refractivity contribution >= 4 is 21.1 Å². The normalized spacial score (nSPS) is 11.9. The van der Waals surface area contributed by atoms with Crippen LogP contribution in [0.2, 0.25) is 0 Å². The third-order valence-electron chi connectivity index (χ3n) is 3.46. The van der Waals surface area contributed by atoms with Gasteiger partial charge in [0.15, 0.2) is 5.58 Å². The van der Waals surface area contributed by atoms with Gasteiger partial charge in [-0.25, -0.2) is 17.9 Å². The molecule has 0 spiro atoms. The third-order valence-corrected chi connectivity index (χ3v) is 4.85. The first-order valence-electron chi connectivity index (χ1n) is 7.03. The molecule has 8 heteroatoms. The van der Waals surface area contributed by atoms with Crippen LogP contribution in [0, 0.1) is 0 Å². The molecule has 0 radical (unpaired) electrons. The van der Waals surface area contributed by atoms with Gasteiger partial charge in [-0.2, -0.15) is 0 Å². The first-order valence-corrected chi connectivity index (χ1v) is 8.51. The predicted octanol–water partition coefficient (Wildman–Crippen LogP) is 1.49. The van der Waals surface area contributed by atoms with E-state index < -0.39 is 15.8 Å². The van der Waals surface area contributed by atoms with E-state index in [1.54, 1.807) is 30.6 Å². The lowest BCUT2D eigenvalue weighted by atomic mass is 10.3. The molecular weight excluding hydrogens is 318 g/mol. The number of hydrogen-bond donors (Lipinski definition) is 1. The van der Waals surface area contributed by atoms with Crippen LogP contribution in [0.3, 0.4) is 0 Å². The zero-order valence-electron chi connectivity index (χ0n) is 12.4. The highest BCUT2D eigenvalue weighted by atomic mass is 32.2. The van der Waals surface area contributed by atoms with Crippen LogP contribution in [0.1, 0.15) is 12.5 Å². The number of sulfonamides is 1. The van der Waals surface area contributed by atoms with Gasteiger partial charge < -0.3 is 4.42 Å². The summed E-state index contributed by atoms with van der Waals surface area (Å²) in [6, 6.07) is 7.89. The van der Waals surface area contributed by atoms with Crippen molar-refractivity contribution in [3.8, 4) is 0 Å². The topological polar surface area (TPSA) is 94.2 Å².